The molecule has 1 heterocycles. The Hall–Kier alpha value is -2.31. The van der Waals surface area contributed by atoms with Gasteiger partial charge in [-0.3, -0.25) is 0 Å². The summed E-state index contributed by atoms with van der Waals surface area (Å²) in [5.74, 6) is -0.285. The molecule has 0 bridgehead atoms. The molecule has 20 heavy (non-hydrogen) atoms. The van der Waals surface area contributed by atoms with Crippen molar-refractivity contribution >= 4 is 22.5 Å². The Labute approximate surface area is 120 Å². The zero-order valence-corrected chi connectivity index (χ0v) is 11.2. The van der Waals surface area contributed by atoms with Crippen molar-refractivity contribution in [3.8, 4) is 6.07 Å². The Balaban J connectivity index is 2.07. The fourth-order valence-electron chi connectivity index (χ4n) is 2.24. The standard InChI is InChI=1S/C16H10ClFN2/c17-14-3-4-15(18)13(8-14)10-20-6-5-12-2-1-11(9-19)7-16(12)20/h1-8H,10H2. The molecule has 2 aromatic carbocycles. The number of benzene rings is 2. The monoisotopic (exact) mass is 284 g/mol. The number of hydrogen-bond donors (Lipinski definition) is 0. The zero-order chi connectivity index (χ0) is 14.1. The van der Waals surface area contributed by atoms with E-state index in [1.807, 2.05) is 22.9 Å². The second-order valence-electron chi connectivity index (χ2n) is 4.56. The highest BCUT2D eigenvalue weighted by molar-refractivity contribution is 6.30. The van der Waals surface area contributed by atoms with Crippen LogP contribution in [0, 0.1) is 17.1 Å². The minimum atomic E-state index is -0.285. The van der Waals surface area contributed by atoms with Gasteiger partial charge in [-0.25, -0.2) is 4.39 Å². The van der Waals surface area contributed by atoms with Crippen LogP contribution in [0.5, 0.6) is 0 Å². The van der Waals surface area contributed by atoms with Crippen LogP contribution in [0.15, 0.2) is 48.7 Å². The summed E-state index contributed by atoms with van der Waals surface area (Å²) >= 11 is 5.90. The maximum Gasteiger partial charge on any atom is 0.128 e. The van der Waals surface area contributed by atoms with Crippen molar-refractivity contribution in [3.05, 3.63) is 70.6 Å². The smallest absolute Gasteiger partial charge is 0.128 e. The van der Waals surface area contributed by atoms with Gasteiger partial charge in [-0.1, -0.05) is 17.7 Å². The maximum atomic E-state index is 13.8. The van der Waals surface area contributed by atoms with E-state index >= 15 is 0 Å². The van der Waals surface area contributed by atoms with Crippen LogP contribution < -0.4 is 0 Å². The molecule has 0 saturated heterocycles. The van der Waals surface area contributed by atoms with Gasteiger partial charge in [-0.2, -0.15) is 5.26 Å². The van der Waals surface area contributed by atoms with Crippen molar-refractivity contribution in [1.29, 1.82) is 5.26 Å². The minimum Gasteiger partial charge on any atom is -0.343 e. The van der Waals surface area contributed by atoms with Gasteiger partial charge in [0.15, 0.2) is 0 Å². The first-order valence-electron chi connectivity index (χ1n) is 6.10. The fourth-order valence-corrected chi connectivity index (χ4v) is 2.43. The first-order chi connectivity index (χ1) is 9.67. The SMILES string of the molecule is N#Cc1ccc2ccn(Cc3cc(Cl)ccc3F)c2c1. The molecule has 0 aliphatic rings. The lowest BCUT2D eigenvalue weighted by Gasteiger charge is -2.07. The number of rotatable bonds is 2. The van der Waals surface area contributed by atoms with Crippen LogP contribution >= 0.6 is 11.6 Å². The van der Waals surface area contributed by atoms with Crippen LogP contribution in [0.4, 0.5) is 4.39 Å². The number of hydrogen-bond acceptors (Lipinski definition) is 1. The quantitative estimate of drug-likeness (QED) is 0.687. The number of aromatic nitrogens is 1. The largest absolute Gasteiger partial charge is 0.343 e. The molecule has 0 spiro atoms. The average molecular weight is 285 g/mol. The third-order valence-electron chi connectivity index (χ3n) is 3.25. The van der Waals surface area contributed by atoms with Crippen molar-refractivity contribution in [1.82, 2.24) is 4.57 Å². The molecule has 0 saturated carbocycles. The van der Waals surface area contributed by atoms with E-state index in [4.69, 9.17) is 16.9 Å². The predicted molar refractivity (Wildman–Crippen MR) is 77.2 cm³/mol. The van der Waals surface area contributed by atoms with Crippen LogP contribution in [0.1, 0.15) is 11.1 Å². The van der Waals surface area contributed by atoms with E-state index in [9.17, 15) is 4.39 Å². The van der Waals surface area contributed by atoms with Crippen molar-refractivity contribution in [3.63, 3.8) is 0 Å². The Kier molecular flexibility index (Phi) is 3.17. The molecule has 3 rings (SSSR count). The summed E-state index contributed by atoms with van der Waals surface area (Å²) in [5, 5.41) is 10.5. The van der Waals surface area contributed by atoms with Crippen LogP contribution in [0.2, 0.25) is 5.02 Å². The molecule has 0 aliphatic heterocycles. The van der Waals surface area contributed by atoms with Gasteiger partial charge >= 0.3 is 0 Å². The highest BCUT2D eigenvalue weighted by Crippen LogP contribution is 2.21. The molecule has 98 valence electrons. The molecule has 0 unspecified atom stereocenters. The molecule has 3 aromatic rings. The molecule has 2 nitrogen and oxygen atoms in total. The van der Waals surface area contributed by atoms with Gasteiger partial charge < -0.3 is 4.57 Å². The Morgan fingerprint density at radius 2 is 2.00 bits per heavy atom. The maximum absolute atomic E-state index is 13.8. The minimum absolute atomic E-state index is 0.285. The van der Waals surface area contributed by atoms with Crippen molar-refractivity contribution in [2.75, 3.05) is 0 Å². The van der Waals surface area contributed by atoms with E-state index < -0.39 is 0 Å². The molecular weight excluding hydrogens is 275 g/mol. The van der Waals surface area contributed by atoms with Crippen LogP contribution in [-0.2, 0) is 6.54 Å². The van der Waals surface area contributed by atoms with E-state index in [1.54, 1.807) is 18.2 Å². The lowest BCUT2D eigenvalue weighted by molar-refractivity contribution is 0.602. The summed E-state index contributed by atoms with van der Waals surface area (Å²) in [6, 6.07) is 14.0. The van der Waals surface area contributed by atoms with E-state index in [0.717, 1.165) is 10.9 Å². The molecular formula is C16H10ClFN2. The van der Waals surface area contributed by atoms with Gasteiger partial charge in [-0.15, -0.1) is 0 Å². The van der Waals surface area contributed by atoms with Crippen molar-refractivity contribution in [2.45, 2.75) is 6.54 Å². The van der Waals surface area contributed by atoms with Crippen LogP contribution in [-0.4, -0.2) is 4.57 Å². The van der Waals surface area contributed by atoms with E-state index in [0.29, 0.717) is 22.7 Å². The van der Waals surface area contributed by atoms with Gasteiger partial charge in [0.1, 0.15) is 5.82 Å². The number of halogens is 2. The molecule has 4 heteroatoms. The number of nitrogens with zero attached hydrogens (tertiary/aromatic N) is 2. The lowest BCUT2D eigenvalue weighted by Crippen LogP contribution is -2.00. The van der Waals surface area contributed by atoms with Gasteiger partial charge in [0, 0.05) is 22.3 Å². The summed E-state index contributed by atoms with van der Waals surface area (Å²) in [7, 11) is 0. The highest BCUT2D eigenvalue weighted by atomic mass is 35.5. The van der Waals surface area contributed by atoms with Crippen molar-refractivity contribution in [2.24, 2.45) is 0 Å². The number of nitriles is 1. The third-order valence-corrected chi connectivity index (χ3v) is 3.49. The van der Waals surface area contributed by atoms with Gasteiger partial charge in [-0.05, 0) is 41.8 Å². The van der Waals surface area contributed by atoms with E-state index in [-0.39, 0.29) is 5.82 Å². The first-order valence-corrected chi connectivity index (χ1v) is 6.48. The van der Waals surface area contributed by atoms with Gasteiger partial charge in [0.05, 0.1) is 18.2 Å². The van der Waals surface area contributed by atoms with Gasteiger partial charge in [0.2, 0.25) is 0 Å². The predicted octanol–water partition coefficient (Wildman–Crippen LogP) is 4.35. The summed E-state index contributed by atoms with van der Waals surface area (Å²) < 4.78 is 15.7. The lowest BCUT2D eigenvalue weighted by atomic mass is 10.1. The van der Waals surface area contributed by atoms with Crippen LogP contribution in [0.3, 0.4) is 0 Å². The Morgan fingerprint density at radius 3 is 2.80 bits per heavy atom. The second kappa shape index (κ2) is 4.99. The topological polar surface area (TPSA) is 28.7 Å². The normalized spacial score (nSPS) is 10.7. The van der Waals surface area contributed by atoms with E-state index in [2.05, 4.69) is 6.07 Å². The highest BCUT2D eigenvalue weighted by Gasteiger charge is 2.07. The third kappa shape index (κ3) is 2.26. The molecule has 0 fully saturated rings. The van der Waals surface area contributed by atoms with Gasteiger partial charge in [0.25, 0.3) is 0 Å². The second-order valence-corrected chi connectivity index (χ2v) is 5.00. The summed E-state index contributed by atoms with van der Waals surface area (Å²) in [4.78, 5) is 0. The van der Waals surface area contributed by atoms with Crippen molar-refractivity contribution < 1.29 is 4.39 Å². The zero-order valence-electron chi connectivity index (χ0n) is 10.5. The molecule has 0 aliphatic carbocycles. The Bertz CT molecular complexity index is 830. The first kappa shape index (κ1) is 12.7. The van der Waals surface area contributed by atoms with E-state index in [1.165, 1.54) is 12.1 Å². The summed E-state index contributed by atoms with van der Waals surface area (Å²) in [5.41, 5.74) is 2.02. The molecule has 0 amide bonds. The number of fused-ring (bicyclic) bond motifs is 1. The molecule has 1 aromatic heterocycles. The Morgan fingerprint density at radius 1 is 1.15 bits per heavy atom. The molecule has 0 atom stereocenters. The molecule has 0 N–H and O–H groups in total. The molecule has 0 radical (unpaired) electrons. The van der Waals surface area contributed by atoms with Crippen LogP contribution in [0.25, 0.3) is 10.9 Å². The summed E-state index contributed by atoms with van der Waals surface area (Å²) in [6.45, 7) is 0.380. The average Bonchev–Trinajstić information content (AvgIpc) is 2.85. The summed E-state index contributed by atoms with van der Waals surface area (Å²) in [6.07, 6.45) is 1.88. The fraction of sp³-hybridized carbons (Fsp3) is 0.0625.